The van der Waals surface area contributed by atoms with Crippen LogP contribution in [0.4, 0.5) is 0 Å². The van der Waals surface area contributed by atoms with Gasteiger partial charge in [0.05, 0.1) is 12.7 Å². The summed E-state index contributed by atoms with van der Waals surface area (Å²) in [5.74, 6) is -0.0920. The molecule has 0 amide bonds. The molecule has 0 saturated carbocycles. The van der Waals surface area contributed by atoms with Crippen LogP contribution in [-0.4, -0.2) is 18.9 Å². The van der Waals surface area contributed by atoms with Crippen LogP contribution < -0.4 is 0 Å². The second kappa shape index (κ2) is 6.18. The first-order valence-corrected chi connectivity index (χ1v) is 5.72. The highest BCUT2D eigenvalue weighted by Gasteiger charge is 2.09. The molecule has 0 atom stereocenters. The quantitative estimate of drug-likeness (QED) is 0.736. The fourth-order valence-corrected chi connectivity index (χ4v) is 1.76. The number of esters is 1. The molecule has 1 aromatic carbocycles. The molecule has 1 rings (SSSR count). The van der Waals surface area contributed by atoms with Gasteiger partial charge in [-0.05, 0) is 43.9 Å². The van der Waals surface area contributed by atoms with E-state index < -0.39 is 0 Å². The van der Waals surface area contributed by atoms with E-state index in [1.54, 1.807) is 13.0 Å². The third-order valence-electron chi connectivity index (χ3n) is 2.69. The minimum absolute atomic E-state index is 0.216. The van der Waals surface area contributed by atoms with Gasteiger partial charge in [-0.15, -0.1) is 0 Å². The van der Waals surface area contributed by atoms with Gasteiger partial charge >= 0.3 is 5.97 Å². The van der Waals surface area contributed by atoms with Gasteiger partial charge in [-0.2, -0.15) is 0 Å². The molecule has 3 nitrogen and oxygen atoms in total. The highest BCUT2D eigenvalue weighted by atomic mass is 16.5. The molecular weight excluding hydrogens is 216 g/mol. The molecule has 0 bridgehead atoms. The summed E-state index contributed by atoms with van der Waals surface area (Å²) in [6.45, 7) is 3.49. The number of carbonyl (C=O) groups is 2. The summed E-state index contributed by atoms with van der Waals surface area (Å²) in [4.78, 5) is 22.2. The molecular formula is C14H18O3. The lowest BCUT2D eigenvalue weighted by molar-refractivity contribution is -0.117. The number of ether oxygens (including phenoxy) is 1. The summed E-state index contributed by atoms with van der Waals surface area (Å²) >= 11 is 0. The van der Waals surface area contributed by atoms with Gasteiger partial charge < -0.3 is 9.53 Å². The van der Waals surface area contributed by atoms with Crippen molar-refractivity contribution >= 4 is 11.8 Å². The first-order valence-electron chi connectivity index (χ1n) is 5.72. The molecule has 3 heteroatoms. The molecule has 0 saturated heterocycles. The van der Waals surface area contributed by atoms with Gasteiger partial charge in [0, 0.05) is 6.42 Å². The molecule has 0 radical (unpaired) electrons. The summed E-state index contributed by atoms with van der Waals surface area (Å²) < 4.78 is 4.69. The lowest BCUT2D eigenvalue weighted by Gasteiger charge is -2.06. The SMILES string of the molecule is COC(=O)c1ccc(CCCC(C)=O)cc1C. The second-order valence-corrected chi connectivity index (χ2v) is 4.20. The van der Waals surface area contributed by atoms with Crippen LogP contribution in [0.5, 0.6) is 0 Å². The molecule has 0 unspecified atom stereocenters. The van der Waals surface area contributed by atoms with E-state index in [0.717, 1.165) is 24.0 Å². The van der Waals surface area contributed by atoms with Crippen LogP contribution in [-0.2, 0) is 16.0 Å². The van der Waals surface area contributed by atoms with Crippen molar-refractivity contribution in [1.29, 1.82) is 0 Å². The maximum Gasteiger partial charge on any atom is 0.338 e. The molecule has 0 aliphatic heterocycles. The fourth-order valence-electron chi connectivity index (χ4n) is 1.76. The zero-order chi connectivity index (χ0) is 12.8. The Kier molecular flexibility index (Phi) is 4.88. The summed E-state index contributed by atoms with van der Waals surface area (Å²) in [7, 11) is 1.38. The standard InChI is InChI=1S/C14H18O3/c1-10-9-12(6-4-5-11(2)15)7-8-13(10)14(16)17-3/h7-9H,4-6H2,1-3H3. The number of aryl methyl sites for hydroxylation is 2. The van der Waals surface area contributed by atoms with Gasteiger partial charge in [0.2, 0.25) is 0 Å². The zero-order valence-corrected chi connectivity index (χ0v) is 10.6. The van der Waals surface area contributed by atoms with Gasteiger partial charge in [0.1, 0.15) is 5.78 Å². The summed E-state index contributed by atoms with van der Waals surface area (Å²) in [5, 5.41) is 0. The first-order chi connectivity index (χ1) is 8.04. The molecule has 0 spiro atoms. The Labute approximate surface area is 102 Å². The lowest BCUT2D eigenvalue weighted by atomic mass is 10.0. The number of hydrogen-bond acceptors (Lipinski definition) is 3. The van der Waals surface area contributed by atoms with E-state index in [-0.39, 0.29) is 11.8 Å². The Bertz CT molecular complexity index is 421. The van der Waals surface area contributed by atoms with Crippen molar-refractivity contribution in [1.82, 2.24) is 0 Å². The van der Waals surface area contributed by atoms with Gasteiger partial charge in [-0.3, -0.25) is 0 Å². The Morgan fingerprint density at radius 2 is 2.00 bits per heavy atom. The van der Waals surface area contributed by atoms with Crippen molar-refractivity contribution in [3.8, 4) is 0 Å². The fraction of sp³-hybridized carbons (Fsp3) is 0.429. The van der Waals surface area contributed by atoms with E-state index in [0.29, 0.717) is 12.0 Å². The number of ketones is 1. The summed E-state index contributed by atoms with van der Waals surface area (Å²) in [6.07, 6.45) is 2.33. The number of methoxy groups -OCH3 is 1. The third kappa shape index (κ3) is 4.02. The van der Waals surface area contributed by atoms with Crippen LogP contribution in [0.1, 0.15) is 41.3 Å². The number of Topliss-reactive ketones (excluding diaryl/α,β-unsaturated/α-hetero) is 1. The van der Waals surface area contributed by atoms with Crippen molar-refractivity contribution < 1.29 is 14.3 Å². The number of benzene rings is 1. The van der Waals surface area contributed by atoms with Crippen molar-refractivity contribution in [3.05, 3.63) is 34.9 Å². The van der Waals surface area contributed by atoms with E-state index in [9.17, 15) is 9.59 Å². The molecule has 92 valence electrons. The molecule has 0 aliphatic rings. The Morgan fingerprint density at radius 3 is 2.53 bits per heavy atom. The first kappa shape index (κ1) is 13.4. The molecule has 0 aliphatic carbocycles. The normalized spacial score (nSPS) is 10.1. The Morgan fingerprint density at radius 1 is 1.29 bits per heavy atom. The van der Waals surface area contributed by atoms with Crippen LogP contribution >= 0.6 is 0 Å². The molecule has 0 N–H and O–H groups in total. The molecule has 0 fully saturated rings. The van der Waals surface area contributed by atoms with Crippen molar-refractivity contribution in [2.45, 2.75) is 33.1 Å². The minimum atomic E-state index is -0.308. The van der Waals surface area contributed by atoms with Crippen LogP contribution in [0.2, 0.25) is 0 Å². The Hall–Kier alpha value is -1.64. The lowest BCUT2D eigenvalue weighted by Crippen LogP contribution is -2.04. The maximum atomic E-state index is 11.4. The molecule has 0 aromatic heterocycles. The van der Waals surface area contributed by atoms with Crippen LogP contribution in [0, 0.1) is 6.92 Å². The number of rotatable bonds is 5. The number of carbonyl (C=O) groups excluding carboxylic acids is 2. The third-order valence-corrected chi connectivity index (χ3v) is 2.69. The maximum absolute atomic E-state index is 11.4. The topological polar surface area (TPSA) is 43.4 Å². The average molecular weight is 234 g/mol. The van der Waals surface area contributed by atoms with Gasteiger partial charge in [-0.1, -0.05) is 12.1 Å². The predicted molar refractivity (Wildman–Crippen MR) is 66.1 cm³/mol. The largest absolute Gasteiger partial charge is 0.465 e. The highest BCUT2D eigenvalue weighted by Crippen LogP contribution is 2.14. The predicted octanol–water partition coefficient (Wildman–Crippen LogP) is 2.69. The van der Waals surface area contributed by atoms with Crippen molar-refractivity contribution in [3.63, 3.8) is 0 Å². The summed E-state index contributed by atoms with van der Waals surface area (Å²) in [6, 6.07) is 5.68. The average Bonchev–Trinajstić information content (AvgIpc) is 2.28. The van der Waals surface area contributed by atoms with Crippen LogP contribution in [0.25, 0.3) is 0 Å². The van der Waals surface area contributed by atoms with E-state index in [1.165, 1.54) is 7.11 Å². The highest BCUT2D eigenvalue weighted by molar-refractivity contribution is 5.90. The van der Waals surface area contributed by atoms with E-state index in [1.807, 2.05) is 19.1 Å². The van der Waals surface area contributed by atoms with Gasteiger partial charge in [-0.25, -0.2) is 4.79 Å². The van der Waals surface area contributed by atoms with Gasteiger partial charge in [0.15, 0.2) is 0 Å². The van der Waals surface area contributed by atoms with Crippen LogP contribution in [0.15, 0.2) is 18.2 Å². The number of hydrogen-bond donors (Lipinski definition) is 0. The minimum Gasteiger partial charge on any atom is -0.465 e. The van der Waals surface area contributed by atoms with Crippen molar-refractivity contribution in [2.75, 3.05) is 7.11 Å². The molecule has 17 heavy (non-hydrogen) atoms. The van der Waals surface area contributed by atoms with E-state index in [4.69, 9.17) is 0 Å². The second-order valence-electron chi connectivity index (χ2n) is 4.20. The molecule has 0 heterocycles. The smallest absolute Gasteiger partial charge is 0.338 e. The van der Waals surface area contributed by atoms with E-state index in [2.05, 4.69) is 4.74 Å². The van der Waals surface area contributed by atoms with Gasteiger partial charge in [0.25, 0.3) is 0 Å². The van der Waals surface area contributed by atoms with Crippen LogP contribution in [0.3, 0.4) is 0 Å². The molecule has 1 aromatic rings. The van der Waals surface area contributed by atoms with Crippen molar-refractivity contribution in [2.24, 2.45) is 0 Å². The van der Waals surface area contributed by atoms with E-state index >= 15 is 0 Å². The monoisotopic (exact) mass is 234 g/mol. The Balaban J connectivity index is 2.68. The summed E-state index contributed by atoms with van der Waals surface area (Å²) in [5.41, 5.74) is 2.66. The zero-order valence-electron chi connectivity index (χ0n) is 10.6.